The van der Waals surface area contributed by atoms with Crippen molar-refractivity contribution in [1.82, 2.24) is 19.7 Å². The number of benzene rings is 1. The maximum Gasteiger partial charge on any atom is 0.223 e. The number of carbonyl (C=O) groups excluding carboxylic acids is 1. The molecule has 1 aromatic carbocycles. The highest BCUT2D eigenvalue weighted by Crippen LogP contribution is 2.47. The molecular weight excluding hydrogens is 420 g/mol. The van der Waals surface area contributed by atoms with Crippen LogP contribution in [0.15, 0.2) is 48.7 Å². The molecule has 4 aromatic rings. The molecule has 3 heterocycles. The van der Waals surface area contributed by atoms with Gasteiger partial charge in [0.15, 0.2) is 5.13 Å². The van der Waals surface area contributed by atoms with Crippen molar-refractivity contribution in [3.05, 3.63) is 65.5 Å². The minimum Gasteiger partial charge on any atom is -0.373 e. The monoisotopic (exact) mass is 444 g/mol. The third-order valence-corrected chi connectivity index (χ3v) is 6.66. The summed E-state index contributed by atoms with van der Waals surface area (Å²) in [5.74, 6) is 0.955. The molecule has 1 unspecified atom stereocenters. The van der Waals surface area contributed by atoms with E-state index in [1.165, 1.54) is 29.4 Å². The summed E-state index contributed by atoms with van der Waals surface area (Å²) in [4.78, 5) is 21.9. The maximum absolute atomic E-state index is 11.6. The van der Waals surface area contributed by atoms with Crippen molar-refractivity contribution in [2.45, 2.75) is 32.7 Å². The second-order valence-corrected chi connectivity index (χ2v) is 9.02. The van der Waals surface area contributed by atoms with Crippen molar-refractivity contribution in [2.75, 3.05) is 17.7 Å². The van der Waals surface area contributed by atoms with Crippen LogP contribution < -0.4 is 10.6 Å². The number of hydrogen-bond acceptors (Lipinski definition) is 6. The number of amides is 1. The van der Waals surface area contributed by atoms with Crippen LogP contribution >= 0.6 is 11.3 Å². The molecular formula is C24H24N6OS. The second-order valence-electron chi connectivity index (χ2n) is 8.02. The van der Waals surface area contributed by atoms with Crippen LogP contribution in [-0.2, 0) is 17.8 Å². The molecule has 1 aliphatic carbocycles. The number of nitrogens with zero attached hydrogens (tertiary/aromatic N) is 4. The molecule has 5 rings (SSSR count). The van der Waals surface area contributed by atoms with Gasteiger partial charge in [0.2, 0.25) is 5.91 Å². The molecule has 1 amide bonds. The zero-order valence-corrected chi connectivity index (χ0v) is 19.0. The van der Waals surface area contributed by atoms with E-state index in [0.29, 0.717) is 11.7 Å². The van der Waals surface area contributed by atoms with E-state index < -0.39 is 0 Å². The van der Waals surface area contributed by atoms with Gasteiger partial charge in [0.05, 0.1) is 28.5 Å². The number of fused-ring (bicyclic) bond motifs is 3. The fourth-order valence-corrected chi connectivity index (χ4v) is 5.32. The van der Waals surface area contributed by atoms with Gasteiger partial charge in [-0.3, -0.25) is 9.48 Å². The fraction of sp³-hybridized carbons (Fsp3) is 0.250. The quantitative estimate of drug-likeness (QED) is 0.463. The van der Waals surface area contributed by atoms with Crippen molar-refractivity contribution in [1.29, 1.82) is 0 Å². The molecule has 0 saturated carbocycles. The van der Waals surface area contributed by atoms with E-state index in [0.717, 1.165) is 39.8 Å². The predicted octanol–water partition coefficient (Wildman–Crippen LogP) is 4.78. The third kappa shape index (κ3) is 3.67. The molecule has 162 valence electrons. The van der Waals surface area contributed by atoms with Crippen LogP contribution in [0, 0.1) is 0 Å². The first-order valence-corrected chi connectivity index (χ1v) is 11.4. The van der Waals surface area contributed by atoms with Crippen molar-refractivity contribution >= 4 is 28.2 Å². The van der Waals surface area contributed by atoms with Gasteiger partial charge in [-0.2, -0.15) is 5.10 Å². The SMILES string of the molecule is CNc1ccc(-c2nn(Cc3ccccc3)c3c2C(C)Cc2nc(NC(C)=O)sc2-3)cn1. The lowest BCUT2D eigenvalue weighted by molar-refractivity contribution is -0.114. The first-order valence-electron chi connectivity index (χ1n) is 10.6. The highest BCUT2D eigenvalue weighted by Gasteiger charge is 2.33. The van der Waals surface area contributed by atoms with Gasteiger partial charge in [-0.25, -0.2) is 9.97 Å². The van der Waals surface area contributed by atoms with Crippen LogP contribution in [0.1, 0.15) is 36.6 Å². The molecule has 0 saturated heterocycles. The Hall–Kier alpha value is -3.52. The standard InChI is InChI=1S/C24H24N6OS/c1-14-11-18-23(32-24(28-18)27-15(2)31)22-20(14)21(17-9-10-19(25-3)26-12-17)29-30(22)13-16-7-5-4-6-8-16/h4-10,12,14H,11,13H2,1-3H3,(H,25,26)(H,27,28,31). The summed E-state index contributed by atoms with van der Waals surface area (Å²) in [5.41, 5.74) is 6.45. The lowest BCUT2D eigenvalue weighted by Crippen LogP contribution is -2.11. The summed E-state index contributed by atoms with van der Waals surface area (Å²) < 4.78 is 2.08. The van der Waals surface area contributed by atoms with E-state index in [1.54, 1.807) is 0 Å². The van der Waals surface area contributed by atoms with E-state index in [9.17, 15) is 4.79 Å². The number of hydrogen-bond donors (Lipinski definition) is 2. The molecule has 0 radical (unpaired) electrons. The topological polar surface area (TPSA) is 84.7 Å². The minimum absolute atomic E-state index is 0.112. The molecule has 2 N–H and O–H groups in total. The largest absolute Gasteiger partial charge is 0.373 e. The van der Waals surface area contributed by atoms with Crippen LogP contribution in [0.4, 0.5) is 10.9 Å². The van der Waals surface area contributed by atoms with Crippen LogP contribution in [0.25, 0.3) is 21.8 Å². The van der Waals surface area contributed by atoms with Crippen molar-refractivity contribution < 1.29 is 4.79 Å². The van der Waals surface area contributed by atoms with Gasteiger partial charge in [0.1, 0.15) is 5.82 Å². The molecule has 1 aliphatic rings. The summed E-state index contributed by atoms with van der Waals surface area (Å²) in [6.45, 7) is 4.38. The Bertz CT molecular complexity index is 1280. The van der Waals surface area contributed by atoms with E-state index in [-0.39, 0.29) is 11.8 Å². The number of nitrogens with one attached hydrogen (secondary N) is 2. The average Bonchev–Trinajstić information content (AvgIpc) is 3.35. The number of aromatic nitrogens is 4. The zero-order valence-electron chi connectivity index (χ0n) is 18.2. The molecule has 1 atom stereocenters. The van der Waals surface area contributed by atoms with Crippen LogP contribution in [0.5, 0.6) is 0 Å². The Balaban J connectivity index is 1.68. The highest BCUT2D eigenvalue weighted by atomic mass is 32.1. The Morgan fingerprint density at radius 2 is 2.03 bits per heavy atom. The van der Waals surface area contributed by atoms with Crippen molar-refractivity contribution in [2.24, 2.45) is 0 Å². The van der Waals surface area contributed by atoms with Crippen molar-refractivity contribution in [3.63, 3.8) is 0 Å². The smallest absolute Gasteiger partial charge is 0.223 e. The Labute approximate surface area is 190 Å². The molecule has 0 fully saturated rings. The zero-order chi connectivity index (χ0) is 22.2. The van der Waals surface area contributed by atoms with Crippen LogP contribution in [0.2, 0.25) is 0 Å². The van der Waals surface area contributed by atoms with Gasteiger partial charge < -0.3 is 10.6 Å². The number of carbonyl (C=O) groups is 1. The second kappa shape index (κ2) is 8.20. The van der Waals surface area contributed by atoms with E-state index in [1.807, 2.05) is 37.5 Å². The lowest BCUT2D eigenvalue weighted by Gasteiger charge is -2.20. The molecule has 0 bridgehead atoms. The van der Waals surface area contributed by atoms with Crippen molar-refractivity contribution in [3.8, 4) is 21.8 Å². The van der Waals surface area contributed by atoms with Gasteiger partial charge in [-0.05, 0) is 30.0 Å². The first-order chi connectivity index (χ1) is 15.5. The minimum atomic E-state index is -0.112. The molecule has 3 aromatic heterocycles. The number of thiazole rings is 1. The van der Waals surface area contributed by atoms with Gasteiger partial charge in [0.25, 0.3) is 0 Å². The number of anilines is 2. The summed E-state index contributed by atoms with van der Waals surface area (Å²) in [6, 6.07) is 14.4. The number of pyridine rings is 1. The molecule has 0 spiro atoms. The maximum atomic E-state index is 11.6. The summed E-state index contributed by atoms with van der Waals surface area (Å²) >= 11 is 1.52. The van der Waals surface area contributed by atoms with E-state index >= 15 is 0 Å². The fourth-order valence-electron chi connectivity index (χ4n) is 4.22. The van der Waals surface area contributed by atoms with Gasteiger partial charge >= 0.3 is 0 Å². The highest BCUT2D eigenvalue weighted by molar-refractivity contribution is 7.19. The Morgan fingerprint density at radius 3 is 2.72 bits per heavy atom. The van der Waals surface area contributed by atoms with E-state index in [2.05, 4.69) is 45.4 Å². The molecule has 7 nitrogen and oxygen atoms in total. The summed E-state index contributed by atoms with van der Waals surface area (Å²) in [7, 11) is 1.86. The van der Waals surface area contributed by atoms with Gasteiger partial charge in [0, 0.05) is 31.3 Å². The molecule has 0 aliphatic heterocycles. The predicted molar refractivity (Wildman–Crippen MR) is 128 cm³/mol. The first kappa shape index (κ1) is 20.4. The van der Waals surface area contributed by atoms with Gasteiger partial charge in [-0.15, -0.1) is 0 Å². The summed E-state index contributed by atoms with van der Waals surface area (Å²) in [6.07, 6.45) is 2.68. The van der Waals surface area contributed by atoms with Gasteiger partial charge in [-0.1, -0.05) is 48.6 Å². The normalized spacial score (nSPS) is 14.5. The third-order valence-electron chi connectivity index (χ3n) is 5.65. The Morgan fingerprint density at radius 1 is 1.22 bits per heavy atom. The van der Waals surface area contributed by atoms with Crippen LogP contribution in [0.3, 0.4) is 0 Å². The average molecular weight is 445 g/mol. The molecule has 8 heteroatoms. The lowest BCUT2D eigenvalue weighted by atomic mass is 9.86. The Kier molecular flexibility index (Phi) is 5.22. The van der Waals surface area contributed by atoms with E-state index in [4.69, 9.17) is 10.1 Å². The number of rotatable bonds is 5. The molecule has 32 heavy (non-hydrogen) atoms. The summed E-state index contributed by atoms with van der Waals surface area (Å²) in [5, 5.41) is 11.6. The van der Waals surface area contributed by atoms with Crippen LogP contribution in [-0.4, -0.2) is 32.7 Å².